The van der Waals surface area contributed by atoms with Crippen molar-refractivity contribution in [1.82, 2.24) is 9.97 Å². The summed E-state index contributed by atoms with van der Waals surface area (Å²) in [5.74, 6) is 0.699. The molecule has 2 heterocycles. The number of rotatable bonds is 2. The van der Waals surface area contributed by atoms with Crippen molar-refractivity contribution in [2.24, 2.45) is 5.73 Å². The van der Waals surface area contributed by atoms with E-state index in [4.69, 9.17) is 17.3 Å². The van der Waals surface area contributed by atoms with Crippen LogP contribution in [0.3, 0.4) is 0 Å². The Labute approximate surface area is 100 Å². The lowest BCUT2D eigenvalue weighted by Crippen LogP contribution is -2.36. The molecular weight excluding hydrogens is 235 g/mol. The smallest absolute Gasteiger partial charge is 0.227 e. The Kier molecular flexibility index (Phi) is 4.57. The van der Waals surface area contributed by atoms with E-state index in [1.807, 2.05) is 0 Å². The lowest BCUT2D eigenvalue weighted by molar-refractivity contribution is 0.664. The van der Waals surface area contributed by atoms with Gasteiger partial charge in [0.15, 0.2) is 0 Å². The summed E-state index contributed by atoms with van der Waals surface area (Å²) >= 11 is 5.81. The van der Waals surface area contributed by atoms with E-state index in [0.717, 1.165) is 19.4 Å². The van der Waals surface area contributed by atoms with E-state index < -0.39 is 0 Å². The fraction of sp³-hybridized carbons (Fsp3) is 0.556. The second-order valence-corrected chi connectivity index (χ2v) is 3.79. The van der Waals surface area contributed by atoms with Crippen LogP contribution in [0.15, 0.2) is 12.3 Å². The molecule has 1 aromatic heterocycles. The minimum atomic E-state index is 0. The fourth-order valence-electron chi connectivity index (χ4n) is 1.81. The summed E-state index contributed by atoms with van der Waals surface area (Å²) < 4.78 is 0. The molecule has 1 fully saturated rings. The number of hydrogen-bond acceptors (Lipinski definition) is 4. The highest BCUT2D eigenvalue weighted by atomic mass is 35.5. The van der Waals surface area contributed by atoms with Gasteiger partial charge in [-0.15, -0.1) is 12.4 Å². The molecule has 0 aliphatic carbocycles. The molecule has 1 aromatic rings. The molecule has 1 saturated heterocycles. The molecule has 0 radical (unpaired) electrons. The highest BCUT2D eigenvalue weighted by Crippen LogP contribution is 2.22. The summed E-state index contributed by atoms with van der Waals surface area (Å²) in [6.45, 7) is 1.62. The van der Waals surface area contributed by atoms with Gasteiger partial charge in [-0.3, -0.25) is 0 Å². The van der Waals surface area contributed by atoms with Crippen molar-refractivity contribution < 1.29 is 0 Å². The summed E-state index contributed by atoms with van der Waals surface area (Å²) in [6, 6.07) is 2.05. The van der Waals surface area contributed by atoms with Crippen LogP contribution in [0.1, 0.15) is 12.8 Å². The topological polar surface area (TPSA) is 55.0 Å². The van der Waals surface area contributed by atoms with Gasteiger partial charge in [0.25, 0.3) is 0 Å². The van der Waals surface area contributed by atoms with Gasteiger partial charge in [-0.25, -0.2) is 9.97 Å². The highest BCUT2D eigenvalue weighted by Gasteiger charge is 2.25. The lowest BCUT2D eigenvalue weighted by Gasteiger charge is -2.22. The normalized spacial score (nSPS) is 20.1. The zero-order valence-electron chi connectivity index (χ0n) is 8.27. The van der Waals surface area contributed by atoms with Crippen LogP contribution >= 0.6 is 24.0 Å². The van der Waals surface area contributed by atoms with Crippen molar-refractivity contribution in [3.05, 3.63) is 17.4 Å². The second-order valence-electron chi connectivity index (χ2n) is 3.40. The molecule has 1 aliphatic heterocycles. The molecule has 6 heteroatoms. The van der Waals surface area contributed by atoms with Crippen molar-refractivity contribution >= 4 is 30.0 Å². The van der Waals surface area contributed by atoms with E-state index in [9.17, 15) is 0 Å². The van der Waals surface area contributed by atoms with E-state index in [1.165, 1.54) is 0 Å². The summed E-state index contributed by atoms with van der Waals surface area (Å²) in [5.41, 5.74) is 5.67. The Morgan fingerprint density at radius 1 is 1.60 bits per heavy atom. The molecule has 1 aliphatic rings. The average molecular weight is 249 g/mol. The predicted molar refractivity (Wildman–Crippen MR) is 63.7 cm³/mol. The summed E-state index contributed by atoms with van der Waals surface area (Å²) in [6.07, 6.45) is 3.95. The van der Waals surface area contributed by atoms with Gasteiger partial charge in [-0.1, -0.05) is 11.6 Å². The minimum Gasteiger partial charge on any atom is -0.337 e. The molecule has 84 valence electrons. The zero-order valence-corrected chi connectivity index (χ0v) is 9.84. The van der Waals surface area contributed by atoms with Crippen LogP contribution in [0.25, 0.3) is 0 Å². The van der Waals surface area contributed by atoms with E-state index in [-0.39, 0.29) is 12.4 Å². The Morgan fingerprint density at radius 3 is 3.07 bits per heavy atom. The molecule has 1 atom stereocenters. The quantitative estimate of drug-likeness (QED) is 0.806. The SMILES string of the molecule is Cl.NCC1CCCN1c1nccc(Cl)n1. The minimum absolute atomic E-state index is 0. The molecule has 0 spiro atoms. The van der Waals surface area contributed by atoms with Crippen LogP contribution in [0.2, 0.25) is 5.15 Å². The van der Waals surface area contributed by atoms with Gasteiger partial charge in [0, 0.05) is 25.3 Å². The average Bonchev–Trinajstić information content (AvgIpc) is 2.65. The van der Waals surface area contributed by atoms with E-state index in [2.05, 4.69) is 14.9 Å². The number of aromatic nitrogens is 2. The Bertz CT molecular complexity index is 321. The van der Waals surface area contributed by atoms with Gasteiger partial charge in [-0.05, 0) is 18.9 Å². The third-order valence-corrected chi connectivity index (χ3v) is 2.73. The summed E-state index contributed by atoms with van der Waals surface area (Å²) in [7, 11) is 0. The van der Waals surface area contributed by atoms with Crippen LogP contribution in [-0.2, 0) is 0 Å². The van der Waals surface area contributed by atoms with Gasteiger partial charge >= 0.3 is 0 Å². The molecule has 15 heavy (non-hydrogen) atoms. The second kappa shape index (κ2) is 5.49. The van der Waals surface area contributed by atoms with E-state index in [1.54, 1.807) is 12.3 Å². The standard InChI is InChI=1S/C9H13ClN4.ClH/c10-8-3-4-12-9(13-8)14-5-1-2-7(14)6-11;/h3-4,7H,1-2,5-6,11H2;1H. The Balaban J connectivity index is 0.00000112. The van der Waals surface area contributed by atoms with Crippen molar-refractivity contribution in [1.29, 1.82) is 0 Å². The monoisotopic (exact) mass is 248 g/mol. The van der Waals surface area contributed by atoms with Gasteiger partial charge < -0.3 is 10.6 Å². The van der Waals surface area contributed by atoms with E-state index in [0.29, 0.717) is 23.7 Å². The zero-order chi connectivity index (χ0) is 9.97. The third-order valence-electron chi connectivity index (χ3n) is 2.51. The molecule has 1 unspecified atom stereocenters. The van der Waals surface area contributed by atoms with Crippen LogP contribution in [0.5, 0.6) is 0 Å². The van der Waals surface area contributed by atoms with Crippen LogP contribution in [-0.4, -0.2) is 29.1 Å². The lowest BCUT2D eigenvalue weighted by atomic mass is 10.2. The number of hydrogen-bond donors (Lipinski definition) is 1. The molecule has 0 amide bonds. The molecular formula is C9H14Cl2N4. The third kappa shape index (κ3) is 2.71. The molecule has 0 bridgehead atoms. The number of nitrogens with two attached hydrogens (primary N) is 1. The molecule has 2 N–H and O–H groups in total. The Hall–Kier alpha value is -0.580. The highest BCUT2D eigenvalue weighted by molar-refractivity contribution is 6.29. The molecule has 2 rings (SSSR count). The van der Waals surface area contributed by atoms with Crippen LogP contribution in [0.4, 0.5) is 5.95 Å². The maximum Gasteiger partial charge on any atom is 0.227 e. The number of nitrogens with zero attached hydrogens (tertiary/aromatic N) is 3. The first-order chi connectivity index (χ1) is 6.81. The first kappa shape index (κ1) is 12.5. The molecule has 0 saturated carbocycles. The maximum atomic E-state index is 5.81. The van der Waals surface area contributed by atoms with Crippen molar-refractivity contribution in [2.75, 3.05) is 18.0 Å². The largest absolute Gasteiger partial charge is 0.337 e. The van der Waals surface area contributed by atoms with Gasteiger partial charge in [0.2, 0.25) is 5.95 Å². The van der Waals surface area contributed by atoms with Gasteiger partial charge in [-0.2, -0.15) is 0 Å². The van der Waals surface area contributed by atoms with Crippen LogP contribution in [0, 0.1) is 0 Å². The van der Waals surface area contributed by atoms with Gasteiger partial charge in [0.1, 0.15) is 5.15 Å². The molecule has 0 aromatic carbocycles. The number of anilines is 1. The van der Waals surface area contributed by atoms with Gasteiger partial charge in [0.05, 0.1) is 0 Å². The van der Waals surface area contributed by atoms with Crippen molar-refractivity contribution in [3.8, 4) is 0 Å². The predicted octanol–water partition coefficient (Wildman–Crippen LogP) is 1.48. The summed E-state index contributed by atoms with van der Waals surface area (Å²) in [5, 5.41) is 0.484. The summed E-state index contributed by atoms with van der Waals surface area (Å²) in [4.78, 5) is 10.5. The number of halogens is 2. The first-order valence-corrected chi connectivity index (χ1v) is 5.14. The Morgan fingerprint density at radius 2 is 2.40 bits per heavy atom. The maximum absolute atomic E-state index is 5.81. The fourth-order valence-corrected chi connectivity index (χ4v) is 1.94. The van der Waals surface area contributed by atoms with E-state index >= 15 is 0 Å². The van der Waals surface area contributed by atoms with Crippen LogP contribution < -0.4 is 10.6 Å². The first-order valence-electron chi connectivity index (χ1n) is 4.76. The van der Waals surface area contributed by atoms with Crippen molar-refractivity contribution in [2.45, 2.75) is 18.9 Å². The van der Waals surface area contributed by atoms with Crippen molar-refractivity contribution in [3.63, 3.8) is 0 Å². The molecule has 4 nitrogen and oxygen atoms in total.